The molecule has 7 heteroatoms. The van der Waals surface area contributed by atoms with Gasteiger partial charge in [0.1, 0.15) is 11.8 Å². The van der Waals surface area contributed by atoms with E-state index >= 15 is 0 Å². The van der Waals surface area contributed by atoms with Crippen LogP contribution in [0.3, 0.4) is 0 Å². The molecule has 174 valence electrons. The van der Waals surface area contributed by atoms with Crippen LogP contribution >= 0.6 is 0 Å². The van der Waals surface area contributed by atoms with E-state index in [-0.39, 0.29) is 30.3 Å². The van der Waals surface area contributed by atoms with Crippen molar-refractivity contribution in [2.75, 3.05) is 13.2 Å². The smallest absolute Gasteiger partial charge is 0.336 e. The van der Waals surface area contributed by atoms with Crippen molar-refractivity contribution in [2.45, 2.75) is 46.6 Å². The first-order valence-electron chi connectivity index (χ1n) is 11.6. The number of allylic oxidation sites excluding steroid dienone is 3. The minimum absolute atomic E-state index is 0.0365. The van der Waals surface area contributed by atoms with Crippen LogP contribution in [-0.4, -0.2) is 41.9 Å². The first-order valence-corrected chi connectivity index (χ1v) is 11.6. The summed E-state index contributed by atoms with van der Waals surface area (Å²) in [6, 6.07) is 5.18. The van der Waals surface area contributed by atoms with Gasteiger partial charge in [-0.05, 0) is 47.6 Å². The van der Waals surface area contributed by atoms with Crippen molar-refractivity contribution in [2.24, 2.45) is 11.8 Å². The Hall–Kier alpha value is -3.35. The Morgan fingerprint density at radius 2 is 2.03 bits per heavy atom. The molecule has 1 aromatic rings. The fraction of sp³-hybridized carbons (Fsp3) is 0.423. The molecule has 1 N–H and O–H groups in total. The molecular formula is C26H30N2O5. The lowest BCUT2D eigenvalue weighted by Gasteiger charge is -2.21. The van der Waals surface area contributed by atoms with Crippen molar-refractivity contribution >= 4 is 23.4 Å². The van der Waals surface area contributed by atoms with Gasteiger partial charge in [-0.15, -0.1) is 0 Å². The van der Waals surface area contributed by atoms with Gasteiger partial charge >= 0.3 is 5.97 Å². The number of esters is 1. The molecule has 0 aromatic heterocycles. The number of aryl methyl sites for hydroxylation is 1. The summed E-state index contributed by atoms with van der Waals surface area (Å²) in [7, 11) is 0. The topological polar surface area (TPSA) is 84.9 Å². The highest BCUT2D eigenvalue weighted by atomic mass is 16.6. The molecule has 1 fully saturated rings. The zero-order chi connectivity index (χ0) is 23.7. The van der Waals surface area contributed by atoms with E-state index in [1.54, 1.807) is 0 Å². The second kappa shape index (κ2) is 9.25. The van der Waals surface area contributed by atoms with E-state index in [1.807, 2.05) is 64.1 Å². The highest BCUT2D eigenvalue weighted by Gasteiger charge is 2.53. The first kappa shape index (κ1) is 22.8. The van der Waals surface area contributed by atoms with Crippen molar-refractivity contribution in [1.82, 2.24) is 10.2 Å². The summed E-state index contributed by atoms with van der Waals surface area (Å²) in [4.78, 5) is 39.1. The van der Waals surface area contributed by atoms with Crippen molar-refractivity contribution in [3.05, 3.63) is 59.0 Å². The summed E-state index contributed by atoms with van der Waals surface area (Å²) in [6.45, 7) is 8.44. The van der Waals surface area contributed by atoms with E-state index < -0.39 is 12.0 Å². The van der Waals surface area contributed by atoms with Crippen LogP contribution in [0.1, 0.15) is 45.2 Å². The Morgan fingerprint density at radius 1 is 1.24 bits per heavy atom. The van der Waals surface area contributed by atoms with E-state index in [2.05, 4.69) is 5.32 Å². The number of ether oxygens (including phenoxy) is 2. The molecule has 0 saturated carbocycles. The van der Waals surface area contributed by atoms with Crippen LogP contribution in [0.25, 0.3) is 5.57 Å². The summed E-state index contributed by atoms with van der Waals surface area (Å²) in [5, 5.41) is 2.80. The molecule has 2 unspecified atom stereocenters. The van der Waals surface area contributed by atoms with Gasteiger partial charge in [-0.3, -0.25) is 14.5 Å². The summed E-state index contributed by atoms with van der Waals surface area (Å²) in [6.07, 6.45) is 7.26. The Morgan fingerprint density at radius 3 is 2.73 bits per heavy atom. The fourth-order valence-electron chi connectivity index (χ4n) is 4.52. The molecule has 0 bridgehead atoms. The average molecular weight is 451 g/mol. The van der Waals surface area contributed by atoms with Crippen LogP contribution in [0.15, 0.2) is 47.9 Å². The lowest BCUT2D eigenvalue weighted by atomic mass is 9.85. The first-order chi connectivity index (χ1) is 15.9. The van der Waals surface area contributed by atoms with Gasteiger partial charge in [0.25, 0.3) is 5.91 Å². The summed E-state index contributed by atoms with van der Waals surface area (Å²) in [5.74, 6) is -0.148. The number of rotatable bonds is 8. The zero-order valence-corrected chi connectivity index (χ0v) is 19.5. The van der Waals surface area contributed by atoms with Gasteiger partial charge in [0.05, 0.1) is 5.92 Å². The SMILES string of the molecule is CCCNC(=O)COc1ccc(C2=CC=CC3C(=O)N4C(=C23)OC(=O)C4C(C)C)cc1CC. The third-order valence-corrected chi connectivity index (χ3v) is 6.15. The number of carbonyl (C=O) groups excluding carboxylic acids is 3. The van der Waals surface area contributed by atoms with Crippen molar-refractivity contribution in [3.8, 4) is 5.75 Å². The van der Waals surface area contributed by atoms with Crippen LogP contribution in [-0.2, 0) is 25.5 Å². The number of nitrogens with one attached hydrogen (secondary N) is 1. The number of hydrogen-bond donors (Lipinski definition) is 1. The van der Waals surface area contributed by atoms with Gasteiger partial charge in [0.2, 0.25) is 11.8 Å². The summed E-state index contributed by atoms with van der Waals surface area (Å²) in [5.41, 5.74) is 3.45. The average Bonchev–Trinajstić information content (AvgIpc) is 3.29. The number of amides is 2. The van der Waals surface area contributed by atoms with Crippen LogP contribution in [0.2, 0.25) is 0 Å². The van der Waals surface area contributed by atoms with Crippen molar-refractivity contribution in [1.29, 1.82) is 0 Å². The Balaban J connectivity index is 1.64. The van der Waals surface area contributed by atoms with Crippen molar-refractivity contribution in [3.63, 3.8) is 0 Å². The Bertz CT molecular complexity index is 1080. The fourth-order valence-corrected chi connectivity index (χ4v) is 4.52. The highest BCUT2D eigenvalue weighted by Crippen LogP contribution is 2.47. The second-order valence-corrected chi connectivity index (χ2v) is 8.79. The molecule has 1 aliphatic carbocycles. The van der Waals surface area contributed by atoms with E-state index in [1.165, 1.54) is 4.90 Å². The quantitative estimate of drug-likeness (QED) is 0.614. The zero-order valence-electron chi connectivity index (χ0n) is 19.5. The normalized spacial score (nSPS) is 21.2. The molecule has 7 nitrogen and oxygen atoms in total. The third-order valence-electron chi connectivity index (χ3n) is 6.15. The van der Waals surface area contributed by atoms with Gasteiger partial charge in [0.15, 0.2) is 6.61 Å². The maximum atomic E-state index is 13.2. The molecule has 2 atom stereocenters. The van der Waals surface area contributed by atoms with Crippen LogP contribution in [0, 0.1) is 11.8 Å². The largest absolute Gasteiger partial charge is 0.483 e. The lowest BCUT2D eigenvalue weighted by molar-refractivity contribution is -0.140. The molecule has 2 heterocycles. The molecule has 2 aliphatic heterocycles. The van der Waals surface area contributed by atoms with Crippen LogP contribution < -0.4 is 10.1 Å². The highest BCUT2D eigenvalue weighted by molar-refractivity contribution is 6.03. The van der Waals surface area contributed by atoms with E-state index in [0.29, 0.717) is 24.6 Å². The maximum Gasteiger partial charge on any atom is 0.336 e. The number of carbonyl (C=O) groups is 3. The molecule has 2 amide bonds. The molecule has 4 rings (SSSR count). The standard InChI is InChI=1S/C26H30N2O5/c1-5-12-27-21(29)14-32-20-11-10-17(13-16(20)6-2)18-8-7-9-19-22(18)25-28(24(19)30)23(15(3)4)26(31)33-25/h7-11,13,15,19,23H,5-6,12,14H2,1-4H3,(H,27,29). The predicted molar refractivity (Wildman–Crippen MR) is 124 cm³/mol. The van der Waals surface area contributed by atoms with Gasteiger partial charge in [0, 0.05) is 12.1 Å². The molecule has 0 radical (unpaired) electrons. The third kappa shape index (κ3) is 4.08. The van der Waals surface area contributed by atoms with Gasteiger partial charge in [-0.1, -0.05) is 52.0 Å². The summed E-state index contributed by atoms with van der Waals surface area (Å²) >= 11 is 0. The number of fused-ring (bicyclic) bond motifs is 2. The molecular weight excluding hydrogens is 420 g/mol. The molecule has 3 aliphatic rings. The van der Waals surface area contributed by atoms with Gasteiger partial charge < -0.3 is 14.8 Å². The molecule has 1 aromatic carbocycles. The maximum absolute atomic E-state index is 13.2. The molecule has 0 spiro atoms. The molecule has 1 saturated heterocycles. The lowest BCUT2D eigenvalue weighted by Crippen LogP contribution is -2.40. The minimum Gasteiger partial charge on any atom is -0.483 e. The van der Waals surface area contributed by atoms with Gasteiger partial charge in [-0.25, -0.2) is 4.79 Å². The van der Waals surface area contributed by atoms with Crippen molar-refractivity contribution < 1.29 is 23.9 Å². The summed E-state index contributed by atoms with van der Waals surface area (Å²) < 4.78 is 11.4. The van der Waals surface area contributed by atoms with E-state index in [4.69, 9.17) is 9.47 Å². The van der Waals surface area contributed by atoms with E-state index in [0.717, 1.165) is 28.7 Å². The van der Waals surface area contributed by atoms with E-state index in [9.17, 15) is 14.4 Å². The monoisotopic (exact) mass is 450 g/mol. The Kier molecular flexibility index (Phi) is 6.40. The Labute approximate surface area is 194 Å². The molecule has 33 heavy (non-hydrogen) atoms. The predicted octanol–water partition coefficient (Wildman–Crippen LogP) is 3.36. The van der Waals surface area contributed by atoms with Gasteiger partial charge in [-0.2, -0.15) is 0 Å². The second-order valence-electron chi connectivity index (χ2n) is 8.79. The minimum atomic E-state index is -0.596. The van der Waals surface area contributed by atoms with Crippen LogP contribution in [0.4, 0.5) is 0 Å². The number of nitrogens with zero attached hydrogens (tertiary/aromatic N) is 1. The van der Waals surface area contributed by atoms with Crippen LogP contribution in [0.5, 0.6) is 5.75 Å². The number of benzene rings is 1. The number of hydrogen-bond acceptors (Lipinski definition) is 5.